The molecule has 1 fully saturated rings. The summed E-state index contributed by atoms with van der Waals surface area (Å²) in [4.78, 5) is 3.58. The van der Waals surface area contributed by atoms with Crippen molar-refractivity contribution >= 4 is 11.6 Å². The Morgan fingerprint density at radius 3 is 2.42 bits per heavy atom. The van der Waals surface area contributed by atoms with Gasteiger partial charge in [-0.1, -0.05) is 61.8 Å². The van der Waals surface area contributed by atoms with Crippen LogP contribution in [0.4, 0.5) is 4.39 Å². The lowest BCUT2D eigenvalue weighted by atomic mass is 9.77. The molecule has 3 heteroatoms. The summed E-state index contributed by atoms with van der Waals surface area (Å²) in [7, 11) is 0. The van der Waals surface area contributed by atoms with Gasteiger partial charge in [0, 0.05) is 5.56 Å². The third kappa shape index (κ3) is 5.08. The van der Waals surface area contributed by atoms with Crippen LogP contribution in [0.2, 0.25) is 5.15 Å². The first kappa shape index (κ1) is 18.9. The minimum absolute atomic E-state index is 0.141. The average Bonchev–Trinajstić information content (AvgIpc) is 2.66. The second-order valence-corrected chi connectivity index (χ2v) is 7.59. The fourth-order valence-electron chi connectivity index (χ4n) is 3.76. The van der Waals surface area contributed by atoms with Crippen LogP contribution in [0, 0.1) is 23.7 Å². The Kier molecular flexibility index (Phi) is 6.69. The molecule has 0 spiro atoms. The Balaban J connectivity index is 1.60. The summed E-state index contributed by atoms with van der Waals surface area (Å²) < 4.78 is 13.7. The van der Waals surface area contributed by atoms with E-state index in [0.717, 1.165) is 11.5 Å². The number of aromatic nitrogens is 1. The van der Waals surface area contributed by atoms with Gasteiger partial charge in [-0.3, -0.25) is 0 Å². The summed E-state index contributed by atoms with van der Waals surface area (Å²) >= 11 is 5.66. The molecule has 1 nitrogen and oxygen atoms in total. The van der Waals surface area contributed by atoms with Gasteiger partial charge in [0.1, 0.15) is 5.15 Å². The third-order valence-corrected chi connectivity index (χ3v) is 5.56. The molecule has 0 amide bonds. The molecule has 136 valence electrons. The third-order valence-electron chi connectivity index (χ3n) is 5.35. The van der Waals surface area contributed by atoms with Crippen molar-refractivity contribution in [2.45, 2.75) is 57.8 Å². The smallest absolute Gasteiger partial charge is 0.207 e. The first-order valence-corrected chi connectivity index (χ1v) is 9.97. The number of hydrogen-bond acceptors (Lipinski definition) is 1. The van der Waals surface area contributed by atoms with Crippen molar-refractivity contribution in [3.05, 3.63) is 64.2 Å². The molecule has 1 heterocycles. The fraction of sp³-hybridized carbons (Fsp3) is 0.435. The van der Waals surface area contributed by atoms with Gasteiger partial charge in [0.05, 0.1) is 5.56 Å². The Labute approximate surface area is 161 Å². The highest BCUT2D eigenvalue weighted by molar-refractivity contribution is 6.29. The molecular formula is C23H25ClFN. The van der Waals surface area contributed by atoms with Crippen LogP contribution in [0.3, 0.4) is 0 Å². The van der Waals surface area contributed by atoms with Crippen molar-refractivity contribution < 1.29 is 4.39 Å². The maximum Gasteiger partial charge on any atom is 0.230 e. The van der Waals surface area contributed by atoms with Gasteiger partial charge in [-0.2, -0.15) is 4.39 Å². The Morgan fingerprint density at radius 1 is 1.04 bits per heavy atom. The summed E-state index contributed by atoms with van der Waals surface area (Å²) in [6.45, 7) is 2.27. The molecule has 1 aromatic carbocycles. The maximum absolute atomic E-state index is 13.7. The SMILES string of the molecule is CCCCC1CCC(c2ccc(C#Cc3ccc(Cl)nc3F)cc2)CC1. The number of nitrogens with zero attached hydrogens (tertiary/aromatic N) is 1. The molecule has 1 aliphatic carbocycles. The molecule has 0 bridgehead atoms. The summed E-state index contributed by atoms with van der Waals surface area (Å²) in [6, 6.07) is 11.5. The zero-order chi connectivity index (χ0) is 18.4. The standard InChI is InChI=1S/C23H25ClFN/c1-2-3-4-17-5-10-19(11-6-17)20-12-7-18(8-13-20)9-14-21-15-16-22(24)26-23(21)25/h7-8,12-13,15-17,19H,2-6,10-11H2,1H3. The van der Waals surface area contributed by atoms with Crippen molar-refractivity contribution in [2.75, 3.05) is 0 Å². The summed E-state index contributed by atoms with van der Waals surface area (Å²) in [6.07, 6.45) is 9.37. The Hall–Kier alpha value is -1.85. The largest absolute Gasteiger partial charge is 0.230 e. The van der Waals surface area contributed by atoms with Gasteiger partial charge in [-0.15, -0.1) is 0 Å². The van der Waals surface area contributed by atoms with Crippen molar-refractivity contribution in [1.29, 1.82) is 0 Å². The molecule has 0 unspecified atom stereocenters. The van der Waals surface area contributed by atoms with Gasteiger partial charge < -0.3 is 0 Å². The topological polar surface area (TPSA) is 12.9 Å². The number of benzene rings is 1. The van der Waals surface area contributed by atoms with E-state index in [9.17, 15) is 4.39 Å². The van der Waals surface area contributed by atoms with Gasteiger partial charge >= 0.3 is 0 Å². The van der Waals surface area contributed by atoms with Crippen molar-refractivity contribution in [2.24, 2.45) is 5.92 Å². The number of pyridine rings is 1. The zero-order valence-electron chi connectivity index (χ0n) is 15.3. The highest BCUT2D eigenvalue weighted by atomic mass is 35.5. The second-order valence-electron chi connectivity index (χ2n) is 7.20. The zero-order valence-corrected chi connectivity index (χ0v) is 16.0. The van der Waals surface area contributed by atoms with E-state index in [0.29, 0.717) is 5.92 Å². The van der Waals surface area contributed by atoms with Crippen LogP contribution >= 0.6 is 11.6 Å². The monoisotopic (exact) mass is 369 g/mol. The molecule has 1 saturated carbocycles. The minimum atomic E-state index is -0.624. The van der Waals surface area contributed by atoms with E-state index in [2.05, 4.69) is 35.9 Å². The Morgan fingerprint density at radius 2 is 1.77 bits per heavy atom. The normalized spacial score (nSPS) is 19.7. The summed E-state index contributed by atoms with van der Waals surface area (Å²) in [5.41, 5.74) is 2.56. The van der Waals surface area contributed by atoms with Crippen LogP contribution in [-0.2, 0) is 0 Å². The van der Waals surface area contributed by atoms with Gasteiger partial charge in [0.2, 0.25) is 5.95 Å². The molecule has 0 saturated heterocycles. The molecular weight excluding hydrogens is 345 g/mol. The predicted octanol–water partition coefficient (Wildman–Crippen LogP) is 6.74. The molecule has 0 atom stereocenters. The predicted molar refractivity (Wildman–Crippen MR) is 106 cm³/mol. The van der Waals surface area contributed by atoms with Gasteiger partial charge in [0.25, 0.3) is 0 Å². The first-order chi connectivity index (χ1) is 12.7. The van der Waals surface area contributed by atoms with Gasteiger partial charge in [-0.25, -0.2) is 4.98 Å². The van der Waals surface area contributed by atoms with Gasteiger partial charge in [0.15, 0.2) is 0 Å². The lowest BCUT2D eigenvalue weighted by Gasteiger charge is -2.28. The van der Waals surface area contributed by atoms with E-state index in [4.69, 9.17) is 11.6 Å². The molecule has 3 rings (SSSR count). The quantitative estimate of drug-likeness (QED) is 0.429. The average molecular weight is 370 g/mol. The molecule has 26 heavy (non-hydrogen) atoms. The van der Waals surface area contributed by atoms with Crippen LogP contribution in [0.15, 0.2) is 36.4 Å². The van der Waals surface area contributed by atoms with Crippen LogP contribution in [-0.4, -0.2) is 4.98 Å². The first-order valence-electron chi connectivity index (χ1n) is 9.59. The van der Waals surface area contributed by atoms with Crippen LogP contribution in [0.1, 0.15) is 74.5 Å². The maximum atomic E-state index is 13.7. The number of hydrogen-bond donors (Lipinski definition) is 0. The molecule has 1 aromatic heterocycles. The molecule has 2 aromatic rings. The van der Waals surface area contributed by atoms with Crippen LogP contribution < -0.4 is 0 Å². The second kappa shape index (κ2) is 9.19. The van der Waals surface area contributed by atoms with E-state index in [-0.39, 0.29) is 10.7 Å². The highest BCUT2D eigenvalue weighted by Gasteiger charge is 2.21. The van der Waals surface area contributed by atoms with Crippen molar-refractivity contribution in [3.63, 3.8) is 0 Å². The minimum Gasteiger partial charge on any atom is -0.207 e. The Bertz CT molecular complexity index is 780. The molecule has 0 radical (unpaired) electrons. The molecule has 1 aliphatic rings. The van der Waals surface area contributed by atoms with Crippen molar-refractivity contribution in [3.8, 4) is 11.8 Å². The molecule has 0 aliphatic heterocycles. The van der Waals surface area contributed by atoms with E-state index < -0.39 is 5.95 Å². The summed E-state index contributed by atoms with van der Waals surface area (Å²) in [5.74, 6) is 6.82. The molecule has 0 N–H and O–H groups in total. The number of halogens is 2. The fourth-order valence-corrected chi connectivity index (χ4v) is 3.90. The van der Waals surface area contributed by atoms with Crippen LogP contribution in [0.5, 0.6) is 0 Å². The van der Waals surface area contributed by atoms with E-state index in [1.54, 1.807) is 12.1 Å². The number of rotatable bonds is 4. The van der Waals surface area contributed by atoms with Gasteiger partial charge in [-0.05, 0) is 67.3 Å². The lowest BCUT2D eigenvalue weighted by Crippen LogP contribution is -2.13. The van der Waals surface area contributed by atoms with Crippen LogP contribution in [0.25, 0.3) is 0 Å². The summed E-state index contributed by atoms with van der Waals surface area (Å²) in [5, 5.41) is 0.141. The van der Waals surface area contributed by atoms with E-state index in [1.165, 1.54) is 50.5 Å². The lowest BCUT2D eigenvalue weighted by molar-refractivity contribution is 0.304. The highest BCUT2D eigenvalue weighted by Crippen LogP contribution is 2.37. The number of unbranched alkanes of at least 4 members (excludes halogenated alkanes) is 1. The van der Waals surface area contributed by atoms with E-state index >= 15 is 0 Å². The van der Waals surface area contributed by atoms with Crippen molar-refractivity contribution in [1.82, 2.24) is 4.98 Å². The van der Waals surface area contributed by atoms with E-state index in [1.807, 2.05) is 12.1 Å².